The Bertz CT molecular complexity index is 838. The van der Waals surface area contributed by atoms with Gasteiger partial charge in [-0.05, 0) is 40.8 Å². The molecular weight excluding hydrogens is 469 g/mol. The number of amides is 1. The minimum Gasteiger partial charge on any atom is -0.319 e. The average molecular weight is 480 g/mol. The summed E-state index contributed by atoms with van der Waals surface area (Å²) in [6.07, 6.45) is 3.22. The molecular formula is C17H11BrIN3O. The van der Waals surface area contributed by atoms with Gasteiger partial charge in [0.2, 0.25) is 0 Å². The van der Waals surface area contributed by atoms with Gasteiger partial charge in [-0.2, -0.15) is 0 Å². The van der Waals surface area contributed by atoms with Crippen molar-refractivity contribution in [2.24, 2.45) is 0 Å². The van der Waals surface area contributed by atoms with Gasteiger partial charge in [0.15, 0.2) is 5.82 Å². The molecule has 0 saturated heterocycles. The number of carbonyl (C=O) groups excluding carboxylic acids is 1. The summed E-state index contributed by atoms with van der Waals surface area (Å²) in [6.45, 7) is 0. The van der Waals surface area contributed by atoms with Gasteiger partial charge < -0.3 is 5.32 Å². The second-order valence-corrected chi connectivity index (χ2v) is 6.82. The molecule has 0 aliphatic heterocycles. The first-order valence-corrected chi connectivity index (χ1v) is 8.64. The smallest absolute Gasteiger partial charge is 0.256 e. The van der Waals surface area contributed by atoms with Crippen molar-refractivity contribution < 1.29 is 4.79 Å². The van der Waals surface area contributed by atoms with Crippen LogP contribution in [0.25, 0.3) is 11.4 Å². The highest BCUT2D eigenvalue weighted by Gasteiger charge is 2.11. The van der Waals surface area contributed by atoms with Gasteiger partial charge in [0.1, 0.15) is 0 Å². The van der Waals surface area contributed by atoms with Gasteiger partial charge in [-0.25, -0.2) is 9.97 Å². The molecule has 114 valence electrons. The molecule has 6 heteroatoms. The van der Waals surface area contributed by atoms with E-state index in [1.54, 1.807) is 18.5 Å². The van der Waals surface area contributed by atoms with Crippen LogP contribution in [-0.2, 0) is 0 Å². The van der Waals surface area contributed by atoms with Gasteiger partial charge in [-0.3, -0.25) is 4.79 Å². The van der Waals surface area contributed by atoms with Crippen molar-refractivity contribution in [1.29, 1.82) is 0 Å². The summed E-state index contributed by atoms with van der Waals surface area (Å²) in [5.74, 6) is 0.437. The highest BCUT2D eigenvalue weighted by Crippen LogP contribution is 2.20. The third-order valence-electron chi connectivity index (χ3n) is 3.11. The summed E-state index contributed by atoms with van der Waals surface area (Å²) in [5.41, 5.74) is 2.10. The molecule has 3 aromatic rings. The van der Waals surface area contributed by atoms with E-state index in [1.807, 2.05) is 42.5 Å². The van der Waals surface area contributed by atoms with E-state index in [4.69, 9.17) is 0 Å². The quantitative estimate of drug-likeness (QED) is 0.551. The second-order valence-electron chi connectivity index (χ2n) is 4.74. The van der Waals surface area contributed by atoms with E-state index >= 15 is 0 Å². The van der Waals surface area contributed by atoms with Crippen molar-refractivity contribution in [3.63, 3.8) is 0 Å². The highest BCUT2D eigenvalue weighted by atomic mass is 127. The molecule has 0 aliphatic rings. The lowest BCUT2D eigenvalue weighted by molar-refractivity contribution is 0.102. The zero-order valence-electron chi connectivity index (χ0n) is 11.8. The molecule has 0 bridgehead atoms. The summed E-state index contributed by atoms with van der Waals surface area (Å²) in [7, 11) is 0. The largest absolute Gasteiger partial charge is 0.319 e. The van der Waals surface area contributed by atoms with E-state index in [-0.39, 0.29) is 5.91 Å². The Morgan fingerprint density at radius 3 is 2.43 bits per heavy atom. The molecule has 0 aliphatic carbocycles. The van der Waals surface area contributed by atoms with Crippen LogP contribution >= 0.6 is 38.5 Å². The van der Waals surface area contributed by atoms with Crippen LogP contribution in [0, 0.1) is 3.57 Å². The fraction of sp³-hybridized carbons (Fsp3) is 0. The Labute approximate surface area is 155 Å². The summed E-state index contributed by atoms with van der Waals surface area (Å²) in [4.78, 5) is 20.9. The molecule has 1 aromatic heterocycles. The minimum atomic E-state index is -0.188. The van der Waals surface area contributed by atoms with E-state index in [2.05, 4.69) is 53.8 Å². The van der Waals surface area contributed by atoms with Crippen molar-refractivity contribution >= 4 is 50.1 Å². The average Bonchev–Trinajstić information content (AvgIpc) is 2.58. The number of hydrogen-bond acceptors (Lipinski definition) is 3. The number of halogens is 2. The van der Waals surface area contributed by atoms with Gasteiger partial charge in [0.05, 0.1) is 23.6 Å². The number of anilines is 1. The van der Waals surface area contributed by atoms with E-state index in [0.29, 0.717) is 17.1 Å². The number of hydrogen-bond donors (Lipinski definition) is 1. The molecule has 4 nitrogen and oxygen atoms in total. The summed E-state index contributed by atoms with van der Waals surface area (Å²) in [6, 6.07) is 15.3. The lowest BCUT2D eigenvalue weighted by Crippen LogP contribution is -2.14. The number of aromatic nitrogens is 2. The predicted octanol–water partition coefficient (Wildman–Crippen LogP) is 4.76. The van der Waals surface area contributed by atoms with E-state index in [9.17, 15) is 4.79 Å². The number of benzene rings is 2. The first kappa shape index (κ1) is 16.1. The molecule has 0 spiro atoms. The minimum absolute atomic E-state index is 0.188. The fourth-order valence-corrected chi connectivity index (χ4v) is 2.94. The molecule has 1 heterocycles. The van der Waals surface area contributed by atoms with Gasteiger partial charge in [-0.15, -0.1) is 0 Å². The normalized spacial score (nSPS) is 10.3. The Balaban J connectivity index is 1.78. The first-order chi connectivity index (χ1) is 11.1. The summed E-state index contributed by atoms with van der Waals surface area (Å²) in [5, 5.41) is 2.82. The zero-order valence-corrected chi connectivity index (χ0v) is 15.6. The fourth-order valence-electron chi connectivity index (χ4n) is 2.00. The van der Waals surface area contributed by atoms with Gasteiger partial charge in [-0.1, -0.05) is 46.3 Å². The monoisotopic (exact) mass is 479 g/mol. The van der Waals surface area contributed by atoms with Crippen molar-refractivity contribution in [1.82, 2.24) is 9.97 Å². The number of carbonyl (C=O) groups is 1. The number of nitrogens with zero attached hydrogens (tertiary/aromatic N) is 2. The SMILES string of the molecule is O=C(Nc1cnc(-c2ccccc2)nc1)c1cc(Br)ccc1I. The lowest BCUT2D eigenvalue weighted by Gasteiger charge is -2.07. The van der Waals surface area contributed by atoms with Crippen LogP contribution in [0.3, 0.4) is 0 Å². The topological polar surface area (TPSA) is 54.9 Å². The van der Waals surface area contributed by atoms with E-state index in [0.717, 1.165) is 13.6 Å². The Morgan fingerprint density at radius 1 is 1.04 bits per heavy atom. The number of rotatable bonds is 3. The lowest BCUT2D eigenvalue weighted by atomic mass is 10.2. The van der Waals surface area contributed by atoms with Crippen LogP contribution in [0.1, 0.15) is 10.4 Å². The zero-order chi connectivity index (χ0) is 16.2. The molecule has 0 unspecified atom stereocenters. The maximum atomic E-state index is 12.3. The molecule has 1 N–H and O–H groups in total. The van der Waals surface area contributed by atoms with Crippen molar-refractivity contribution in [3.8, 4) is 11.4 Å². The van der Waals surface area contributed by atoms with E-state index < -0.39 is 0 Å². The molecule has 1 amide bonds. The molecule has 2 aromatic carbocycles. The van der Waals surface area contributed by atoms with Crippen LogP contribution in [0.15, 0.2) is 65.4 Å². The molecule has 23 heavy (non-hydrogen) atoms. The number of nitrogens with one attached hydrogen (secondary N) is 1. The van der Waals surface area contributed by atoms with Crippen LogP contribution in [0.5, 0.6) is 0 Å². The van der Waals surface area contributed by atoms with Crippen molar-refractivity contribution in [2.45, 2.75) is 0 Å². The van der Waals surface area contributed by atoms with Gasteiger partial charge in [0.25, 0.3) is 5.91 Å². The predicted molar refractivity (Wildman–Crippen MR) is 102 cm³/mol. The molecule has 0 radical (unpaired) electrons. The van der Waals surface area contributed by atoms with Crippen LogP contribution in [0.2, 0.25) is 0 Å². The Kier molecular flexibility index (Phi) is 5.02. The molecule has 0 saturated carbocycles. The first-order valence-electron chi connectivity index (χ1n) is 6.77. The maximum Gasteiger partial charge on any atom is 0.256 e. The maximum absolute atomic E-state index is 12.3. The van der Waals surface area contributed by atoms with Crippen LogP contribution in [0.4, 0.5) is 5.69 Å². The van der Waals surface area contributed by atoms with Crippen molar-refractivity contribution in [3.05, 3.63) is 74.5 Å². The summed E-state index contributed by atoms with van der Waals surface area (Å²) < 4.78 is 1.74. The Hall–Kier alpha value is -1.80. The third kappa shape index (κ3) is 3.94. The summed E-state index contributed by atoms with van der Waals surface area (Å²) >= 11 is 5.51. The molecule has 3 rings (SSSR count). The van der Waals surface area contributed by atoms with Gasteiger partial charge in [0, 0.05) is 13.6 Å². The molecule has 0 atom stereocenters. The Morgan fingerprint density at radius 2 is 1.74 bits per heavy atom. The second kappa shape index (κ2) is 7.18. The van der Waals surface area contributed by atoms with Crippen LogP contribution in [-0.4, -0.2) is 15.9 Å². The van der Waals surface area contributed by atoms with Crippen molar-refractivity contribution in [2.75, 3.05) is 5.32 Å². The molecule has 0 fully saturated rings. The highest BCUT2D eigenvalue weighted by molar-refractivity contribution is 14.1. The van der Waals surface area contributed by atoms with Gasteiger partial charge >= 0.3 is 0 Å². The van der Waals surface area contributed by atoms with Crippen LogP contribution < -0.4 is 5.32 Å². The van der Waals surface area contributed by atoms with E-state index in [1.165, 1.54) is 0 Å². The standard InChI is InChI=1S/C17H11BrIN3O/c18-12-6-7-15(19)14(8-12)17(23)22-13-9-20-16(21-10-13)11-4-2-1-3-5-11/h1-10H,(H,22,23). The third-order valence-corrected chi connectivity index (χ3v) is 4.55.